The number of nitrogens with two attached hydrogens (primary N) is 1. The first-order valence-corrected chi connectivity index (χ1v) is 5.87. The molecule has 3 nitrogen and oxygen atoms in total. The molecule has 0 bridgehead atoms. The largest absolute Gasteiger partial charge is 0.496 e. The van der Waals surface area contributed by atoms with E-state index >= 15 is 0 Å². The Morgan fingerprint density at radius 3 is 2.72 bits per heavy atom. The van der Waals surface area contributed by atoms with Gasteiger partial charge in [0.2, 0.25) is 0 Å². The van der Waals surface area contributed by atoms with Crippen LogP contribution in [0.5, 0.6) is 5.75 Å². The Morgan fingerprint density at radius 1 is 1.39 bits per heavy atom. The topological polar surface area (TPSA) is 44.5 Å². The molecule has 0 saturated heterocycles. The van der Waals surface area contributed by atoms with Gasteiger partial charge in [-0.25, -0.2) is 8.78 Å². The van der Waals surface area contributed by atoms with Gasteiger partial charge in [-0.3, -0.25) is 0 Å². The molecule has 102 valence electrons. The summed E-state index contributed by atoms with van der Waals surface area (Å²) >= 11 is 5.88. The third-order valence-electron chi connectivity index (χ3n) is 2.41. The van der Waals surface area contributed by atoms with Crippen LogP contribution in [0.4, 0.5) is 8.78 Å². The van der Waals surface area contributed by atoms with Gasteiger partial charge in [0, 0.05) is 23.2 Å². The molecule has 0 radical (unpaired) electrons. The van der Waals surface area contributed by atoms with Crippen molar-refractivity contribution in [2.24, 2.45) is 5.73 Å². The number of ether oxygens (including phenoxy) is 2. The van der Waals surface area contributed by atoms with Crippen LogP contribution in [0, 0.1) is 0 Å². The molecular weight excluding hydrogens is 264 g/mol. The summed E-state index contributed by atoms with van der Waals surface area (Å²) in [6, 6.07) is 4.76. The minimum atomic E-state index is -2.46. The number of alkyl halides is 2. The Kier molecular flexibility index (Phi) is 6.32. The van der Waals surface area contributed by atoms with Crippen LogP contribution in [0.1, 0.15) is 18.0 Å². The van der Waals surface area contributed by atoms with Crippen LogP contribution in [0.3, 0.4) is 0 Å². The molecule has 1 unspecified atom stereocenters. The van der Waals surface area contributed by atoms with Gasteiger partial charge < -0.3 is 15.2 Å². The molecule has 0 aliphatic rings. The van der Waals surface area contributed by atoms with Crippen molar-refractivity contribution in [2.45, 2.75) is 18.9 Å². The Bertz CT molecular complexity index is 377. The lowest BCUT2D eigenvalue weighted by atomic mass is 10.0. The van der Waals surface area contributed by atoms with Gasteiger partial charge in [0.15, 0.2) is 0 Å². The molecule has 1 aromatic rings. The molecule has 1 aromatic carbocycles. The van der Waals surface area contributed by atoms with Crippen molar-refractivity contribution in [1.82, 2.24) is 0 Å². The van der Waals surface area contributed by atoms with Gasteiger partial charge in [0.05, 0.1) is 7.11 Å². The summed E-state index contributed by atoms with van der Waals surface area (Å²) in [7, 11) is 1.53. The summed E-state index contributed by atoms with van der Waals surface area (Å²) in [6.45, 7) is -0.402. The number of methoxy groups -OCH3 is 1. The first-order valence-electron chi connectivity index (χ1n) is 5.49. The molecule has 0 fully saturated rings. The molecule has 0 heterocycles. The van der Waals surface area contributed by atoms with Crippen molar-refractivity contribution >= 4 is 11.6 Å². The van der Waals surface area contributed by atoms with Gasteiger partial charge in [-0.2, -0.15) is 0 Å². The zero-order chi connectivity index (χ0) is 13.5. The highest BCUT2D eigenvalue weighted by Crippen LogP contribution is 2.28. The van der Waals surface area contributed by atoms with Crippen LogP contribution in [0.25, 0.3) is 0 Å². The average Bonchev–Trinajstić information content (AvgIpc) is 2.34. The quantitative estimate of drug-likeness (QED) is 0.780. The van der Waals surface area contributed by atoms with Gasteiger partial charge in [-0.15, -0.1) is 0 Å². The number of benzene rings is 1. The fourth-order valence-corrected chi connectivity index (χ4v) is 1.71. The van der Waals surface area contributed by atoms with Crippen LogP contribution in [-0.2, 0) is 4.74 Å². The highest BCUT2D eigenvalue weighted by Gasteiger charge is 2.13. The van der Waals surface area contributed by atoms with E-state index in [9.17, 15) is 8.78 Å². The lowest BCUT2D eigenvalue weighted by molar-refractivity contribution is 0.0152. The van der Waals surface area contributed by atoms with Crippen LogP contribution in [-0.4, -0.2) is 26.7 Å². The summed E-state index contributed by atoms with van der Waals surface area (Å²) in [5, 5.41) is 0.551. The van der Waals surface area contributed by atoms with Crippen molar-refractivity contribution in [2.75, 3.05) is 20.3 Å². The monoisotopic (exact) mass is 279 g/mol. The summed E-state index contributed by atoms with van der Waals surface area (Å²) in [6.07, 6.45) is -2.04. The van der Waals surface area contributed by atoms with Crippen molar-refractivity contribution in [3.63, 3.8) is 0 Å². The van der Waals surface area contributed by atoms with Gasteiger partial charge in [-0.1, -0.05) is 11.6 Å². The molecule has 0 aromatic heterocycles. The van der Waals surface area contributed by atoms with Gasteiger partial charge in [-0.05, 0) is 24.6 Å². The lowest BCUT2D eigenvalue weighted by Crippen LogP contribution is -2.15. The summed E-state index contributed by atoms with van der Waals surface area (Å²) in [5.74, 6) is 0.626. The van der Waals surface area contributed by atoms with Gasteiger partial charge in [0.25, 0.3) is 6.43 Å². The zero-order valence-electron chi connectivity index (χ0n) is 10.0. The summed E-state index contributed by atoms with van der Waals surface area (Å²) < 4.78 is 33.7. The SMILES string of the molecule is COc1ccc(Cl)cc1C(N)CCOCC(F)F. The Morgan fingerprint density at radius 2 is 2.11 bits per heavy atom. The lowest BCUT2D eigenvalue weighted by Gasteiger charge is -2.16. The van der Waals surface area contributed by atoms with Gasteiger partial charge in [0.1, 0.15) is 12.4 Å². The minimum Gasteiger partial charge on any atom is -0.496 e. The van der Waals surface area contributed by atoms with E-state index in [0.717, 1.165) is 5.56 Å². The number of halogens is 3. The molecule has 0 saturated carbocycles. The van der Waals surface area contributed by atoms with E-state index in [1.54, 1.807) is 18.2 Å². The molecule has 0 spiro atoms. The van der Waals surface area contributed by atoms with Gasteiger partial charge >= 0.3 is 0 Å². The first kappa shape index (κ1) is 15.1. The second-order valence-corrected chi connectivity index (χ2v) is 4.18. The molecule has 0 aliphatic carbocycles. The second-order valence-electron chi connectivity index (χ2n) is 3.75. The fourth-order valence-electron chi connectivity index (χ4n) is 1.53. The van der Waals surface area contributed by atoms with Crippen LogP contribution in [0.2, 0.25) is 5.02 Å². The molecule has 0 amide bonds. The number of hydrogen-bond acceptors (Lipinski definition) is 3. The molecule has 1 atom stereocenters. The maximum absolute atomic E-state index is 11.9. The van der Waals surface area contributed by atoms with E-state index in [4.69, 9.17) is 26.8 Å². The Balaban J connectivity index is 2.55. The van der Waals surface area contributed by atoms with E-state index in [0.29, 0.717) is 17.2 Å². The highest BCUT2D eigenvalue weighted by atomic mass is 35.5. The standard InChI is InChI=1S/C12H16ClF2NO2/c1-17-11-3-2-8(13)6-9(11)10(16)4-5-18-7-12(14)15/h2-3,6,10,12H,4-5,7,16H2,1H3. The number of hydrogen-bond donors (Lipinski definition) is 1. The van der Waals surface area contributed by atoms with Crippen LogP contribution in [0.15, 0.2) is 18.2 Å². The summed E-state index contributed by atoms with van der Waals surface area (Å²) in [4.78, 5) is 0. The molecular formula is C12H16ClF2NO2. The predicted octanol–water partition coefficient (Wildman–Crippen LogP) is 3.02. The number of rotatable bonds is 7. The molecule has 1 rings (SSSR count). The van der Waals surface area contributed by atoms with E-state index in [1.165, 1.54) is 7.11 Å². The molecule has 2 N–H and O–H groups in total. The molecule has 6 heteroatoms. The van der Waals surface area contributed by atoms with E-state index in [-0.39, 0.29) is 12.6 Å². The molecule has 0 aliphatic heterocycles. The fraction of sp³-hybridized carbons (Fsp3) is 0.500. The second kappa shape index (κ2) is 7.51. The van der Waals surface area contributed by atoms with Crippen molar-refractivity contribution < 1.29 is 18.3 Å². The Hall–Kier alpha value is -0.910. The third-order valence-corrected chi connectivity index (χ3v) is 2.64. The van der Waals surface area contributed by atoms with Crippen molar-refractivity contribution in [3.8, 4) is 5.75 Å². The van der Waals surface area contributed by atoms with E-state index < -0.39 is 13.0 Å². The average molecular weight is 280 g/mol. The third kappa shape index (κ3) is 4.76. The van der Waals surface area contributed by atoms with Crippen LogP contribution < -0.4 is 10.5 Å². The Labute approximate surface area is 110 Å². The predicted molar refractivity (Wildman–Crippen MR) is 66.4 cm³/mol. The van der Waals surface area contributed by atoms with Crippen molar-refractivity contribution in [3.05, 3.63) is 28.8 Å². The first-order chi connectivity index (χ1) is 8.54. The maximum atomic E-state index is 11.9. The normalized spacial score (nSPS) is 12.8. The summed E-state index contributed by atoms with van der Waals surface area (Å²) in [5.41, 5.74) is 6.69. The maximum Gasteiger partial charge on any atom is 0.261 e. The van der Waals surface area contributed by atoms with Crippen molar-refractivity contribution in [1.29, 1.82) is 0 Å². The smallest absolute Gasteiger partial charge is 0.261 e. The van der Waals surface area contributed by atoms with E-state index in [2.05, 4.69) is 0 Å². The van der Waals surface area contributed by atoms with Crippen LogP contribution >= 0.6 is 11.6 Å². The minimum absolute atomic E-state index is 0.168. The van der Waals surface area contributed by atoms with E-state index in [1.807, 2.05) is 0 Å². The molecule has 18 heavy (non-hydrogen) atoms. The highest BCUT2D eigenvalue weighted by molar-refractivity contribution is 6.30. The zero-order valence-corrected chi connectivity index (χ0v) is 10.8.